The molecule has 0 aliphatic heterocycles. The van der Waals surface area contributed by atoms with Crippen molar-refractivity contribution >= 4 is 41.0 Å². The lowest BCUT2D eigenvalue weighted by molar-refractivity contribution is -0.116. The van der Waals surface area contributed by atoms with Crippen molar-refractivity contribution in [2.75, 3.05) is 0 Å². The summed E-state index contributed by atoms with van der Waals surface area (Å²) in [6.07, 6.45) is 13.3. The van der Waals surface area contributed by atoms with Crippen molar-refractivity contribution in [1.82, 2.24) is 4.98 Å². The maximum absolute atomic E-state index is 11.8. The van der Waals surface area contributed by atoms with E-state index in [1.54, 1.807) is 24.9 Å². The first-order valence-electron chi connectivity index (χ1n) is 17.5. The van der Waals surface area contributed by atoms with E-state index >= 15 is 0 Å². The van der Waals surface area contributed by atoms with E-state index in [0.717, 1.165) is 40.4 Å². The minimum absolute atomic E-state index is 0.0292. The minimum Gasteiger partial charge on any atom is -0.298 e. The Morgan fingerprint density at radius 2 is 1.49 bits per heavy atom. The van der Waals surface area contributed by atoms with Crippen LogP contribution in [0.5, 0.6) is 0 Å². The van der Waals surface area contributed by atoms with E-state index in [1.807, 2.05) is 80.5 Å². The van der Waals surface area contributed by atoms with E-state index < -0.39 is 0 Å². The summed E-state index contributed by atoms with van der Waals surface area (Å²) in [7, 11) is 0. The lowest BCUT2D eigenvalue weighted by Gasteiger charge is -2.18. The molecule has 0 amide bonds. The molecule has 1 unspecified atom stereocenters. The normalized spacial score (nSPS) is 11.3. The molecule has 264 valence electrons. The van der Waals surface area contributed by atoms with Gasteiger partial charge in [0.15, 0.2) is 5.78 Å². The molecule has 0 saturated carbocycles. The fraction of sp³-hybridized carbons (Fsp3) is 0.524. The zero-order valence-electron chi connectivity index (χ0n) is 32.6. The lowest BCUT2D eigenvalue weighted by atomic mass is 9.87. The number of ketones is 2. The number of nitrogens with zero attached hydrogens (tertiary/aromatic N) is 2. The van der Waals surface area contributed by atoms with Gasteiger partial charge in [0.1, 0.15) is 5.78 Å². The monoisotopic (exact) mass is 666 g/mol. The third-order valence-corrected chi connectivity index (χ3v) is 7.45. The summed E-state index contributed by atoms with van der Waals surface area (Å²) in [6.45, 7) is 33.3. The summed E-state index contributed by atoms with van der Waals surface area (Å²) in [5, 5.41) is -0.264. The zero-order valence-corrected chi connectivity index (χ0v) is 33.4. The van der Waals surface area contributed by atoms with Gasteiger partial charge < -0.3 is 0 Å². The summed E-state index contributed by atoms with van der Waals surface area (Å²) in [6, 6.07) is 8.82. The van der Waals surface area contributed by atoms with Crippen molar-refractivity contribution in [2.24, 2.45) is 4.99 Å². The van der Waals surface area contributed by atoms with Crippen molar-refractivity contribution < 1.29 is 9.59 Å². The number of benzene rings is 1. The van der Waals surface area contributed by atoms with Gasteiger partial charge in [-0.1, -0.05) is 104 Å². The number of carbonyl (C=O) groups excluding carboxylic acids is 2. The lowest BCUT2D eigenvalue weighted by Crippen LogP contribution is -2.07. The molecule has 0 N–H and O–H groups in total. The molecule has 0 aliphatic rings. The molecule has 0 spiro atoms. The van der Waals surface area contributed by atoms with E-state index in [-0.39, 0.29) is 16.9 Å². The van der Waals surface area contributed by atoms with Crippen LogP contribution in [-0.4, -0.2) is 28.1 Å². The highest BCUT2D eigenvalue weighted by Crippen LogP contribution is 2.29. The summed E-state index contributed by atoms with van der Waals surface area (Å²) < 4.78 is 0. The van der Waals surface area contributed by atoms with Crippen LogP contribution >= 0.6 is 11.6 Å². The van der Waals surface area contributed by atoms with Gasteiger partial charge in [-0.15, -0.1) is 11.6 Å². The molecule has 0 fully saturated rings. The number of aromatic nitrogens is 1. The number of rotatable bonds is 12. The predicted octanol–water partition coefficient (Wildman–Crippen LogP) is 13.3. The zero-order chi connectivity index (χ0) is 37.1. The van der Waals surface area contributed by atoms with Gasteiger partial charge in [0.2, 0.25) is 0 Å². The maximum atomic E-state index is 11.8. The van der Waals surface area contributed by atoms with Crippen LogP contribution in [0.1, 0.15) is 165 Å². The van der Waals surface area contributed by atoms with E-state index in [0.29, 0.717) is 5.56 Å². The van der Waals surface area contributed by atoms with Gasteiger partial charge in [-0.25, -0.2) is 0 Å². The average Bonchev–Trinajstić information content (AvgIpc) is 3.02. The highest BCUT2D eigenvalue weighted by atomic mass is 35.5. The molecule has 1 heterocycles. The largest absolute Gasteiger partial charge is 0.298 e. The molecule has 4 nitrogen and oxygen atoms in total. The molecule has 1 aromatic carbocycles. The SMILES string of the molecule is C=C(C)C=N/C=C(\C)c1cc(/C=C\C)c(C(C)=O)c(C)n1.CC.CC.CCC(Cl)C(C)=O.CCCC(CCC)c1ccc(C)cc1C. The van der Waals surface area contributed by atoms with Crippen molar-refractivity contribution in [3.8, 4) is 0 Å². The van der Waals surface area contributed by atoms with Crippen LogP contribution in [0.25, 0.3) is 11.6 Å². The Hall–Kier alpha value is -3.11. The second kappa shape index (κ2) is 29.1. The Morgan fingerprint density at radius 3 is 1.87 bits per heavy atom. The first kappa shape index (κ1) is 48.3. The number of hydrogen-bond donors (Lipinski definition) is 0. The van der Waals surface area contributed by atoms with Gasteiger partial charge in [-0.05, 0) is 114 Å². The van der Waals surface area contributed by atoms with Crippen LogP contribution in [-0.2, 0) is 4.79 Å². The molecule has 2 rings (SSSR count). The minimum atomic E-state index is -0.264. The van der Waals surface area contributed by atoms with Gasteiger partial charge in [0.05, 0.1) is 11.1 Å². The standard InChI is InChI=1S/C18H22N2O.C15H24.C5H9ClO.2C2H6/c1-7-8-16-9-17(13(4)11-19-10-12(2)3)20-14(5)18(16)15(6)21;1-5-7-14(8-6-2)15-10-9-12(3)11-13(15)4;1-3-5(6)4(2)7;2*1-2/h7-11H,2H2,1,3-6H3;9-11,14H,5-8H2,1-4H3;5H,3H2,1-2H3;2*1-2H3/b8-7-,13-11+,19-10?;;;;. The number of carbonyl (C=O) groups is 2. The maximum Gasteiger partial charge on any atom is 0.162 e. The van der Waals surface area contributed by atoms with Gasteiger partial charge >= 0.3 is 0 Å². The number of alkyl halides is 1. The highest BCUT2D eigenvalue weighted by Gasteiger charge is 2.13. The third kappa shape index (κ3) is 20.7. The Bertz CT molecular complexity index is 1280. The second-order valence-corrected chi connectivity index (χ2v) is 11.7. The van der Waals surface area contributed by atoms with Crippen LogP contribution in [0.15, 0.2) is 53.7 Å². The molecular weight excluding hydrogens is 600 g/mol. The van der Waals surface area contributed by atoms with E-state index in [9.17, 15) is 9.59 Å². The fourth-order valence-electron chi connectivity index (χ4n) is 4.73. The van der Waals surface area contributed by atoms with Gasteiger partial charge in [0.25, 0.3) is 0 Å². The molecule has 1 aromatic heterocycles. The summed E-state index contributed by atoms with van der Waals surface area (Å²) in [5.41, 5.74) is 9.39. The Labute approximate surface area is 294 Å². The highest BCUT2D eigenvalue weighted by molar-refractivity contribution is 6.30. The number of halogens is 1. The number of aliphatic imine (C=N–C) groups is 1. The fourth-order valence-corrected chi connectivity index (χ4v) is 4.73. The van der Waals surface area contributed by atoms with Crippen LogP contribution in [0.3, 0.4) is 0 Å². The Balaban J connectivity index is -0.000000647. The first-order valence-corrected chi connectivity index (χ1v) is 17.9. The van der Waals surface area contributed by atoms with Crippen molar-refractivity contribution in [3.05, 3.63) is 87.9 Å². The number of aryl methyl sites for hydroxylation is 3. The molecule has 0 radical (unpaired) electrons. The van der Waals surface area contributed by atoms with Crippen LogP contribution in [0.4, 0.5) is 0 Å². The summed E-state index contributed by atoms with van der Waals surface area (Å²) in [4.78, 5) is 30.7. The van der Waals surface area contributed by atoms with E-state index in [1.165, 1.54) is 43.7 Å². The van der Waals surface area contributed by atoms with Crippen molar-refractivity contribution in [3.63, 3.8) is 0 Å². The first-order chi connectivity index (χ1) is 22.2. The average molecular weight is 667 g/mol. The number of pyridine rings is 1. The van der Waals surface area contributed by atoms with Crippen LogP contribution in [0, 0.1) is 20.8 Å². The topological polar surface area (TPSA) is 59.4 Å². The number of Topliss-reactive ketones (excluding diaryl/α,β-unsaturated/α-hetero) is 2. The van der Waals surface area contributed by atoms with Crippen molar-refractivity contribution in [1.29, 1.82) is 0 Å². The van der Waals surface area contributed by atoms with E-state index in [4.69, 9.17) is 11.6 Å². The third-order valence-electron chi connectivity index (χ3n) is 6.84. The molecule has 5 heteroatoms. The molecule has 0 bridgehead atoms. The van der Waals surface area contributed by atoms with Gasteiger partial charge in [-0.3, -0.25) is 19.6 Å². The number of hydrogen-bond acceptors (Lipinski definition) is 4. The molecule has 47 heavy (non-hydrogen) atoms. The molecular formula is C42H67ClN2O2. The van der Waals surface area contributed by atoms with Gasteiger partial charge in [-0.2, -0.15) is 0 Å². The molecule has 1 atom stereocenters. The predicted molar refractivity (Wildman–Crippen MR) is 212 cm³/mol. The van der Waals surface area contributed by atoms with Crippen molar-refractivity contribution in [2.45, 2.75) is 147 Å². The molecule has 2 aromatic rings. The van der Waals surface area contributed by atoms with E-state index in [2.05, 4.69) is 62.4 Å². The van der Waals surface area contributed by atoms with Crippen LogP contribution < -0.4 is 0 Å². The Kier molecular flexibility index (Phi) is 29.9. The quantitative estimate of drug-likeness (QED) is 0.129. The molecule has 0 saturated heterocycles. The van der Waals surface area contributed by atoms with Crippen LogP contribution in [0.2, 0.25) is 0 Å². The molecule has 0 aliphatic carbocycles. The van der Waals surface area contributed by atoms with Gasteiger partial charge in [0, 0.05) is 23.7 Å². The summed E-state index contributed by atoms with van der Waals surface area (Å²) in [5.74, 6) is 0.867. The Morgan fingerprint density at radius 1 is 0.936 bits per heavy atom. The second-order valence-electron chi connectivity index (χ2n) is 11.2. The number of allylic oxidation sites excluding steroid dienone is 3. The smallest absolute Gasteiger partial charge is 0.162 e. The summed E-state index contributed by atoms with van der Waals surface area (Å²) >= 11 is 5.45.